The van der Waals surface area contributed by atoms with Gasteiger partial charge in [0.05, 0.1) is 16.8 Å². The second-order valence-electron chi connectivity index (χ2n) is 6.06. The molecule has 4 nitrogen and oxygen atoms in total. The highest BCUT2D eigenvalue weighted by atomic mass is 35.5. The molecule has 6 heteroatoms. The predicted octanol–water partition coefficient (Wildman–Crippen LogP) is 5.58. The van der Waals surface area contributed by atoms with Crippen molar-refractivity contribution in [1.29, 1.82) is 0 Å². The van der Waals surface area contributed by atoms with Crippen LogP contribution in [0.15, 0.2) is 58.9 Å². The van der Waals surface area contributed by atoms with Crippen LogP contribution in [0.5, 0.6) is 11.5 Å². The zero-order valence-corrected chi connectivity index (χ0v) is 15.0. The van der Waals surface area contributed by atoms with Gasteiger partial charge >= 0.3 is 0 Å². The van der Waals surface area contributed by atoms with Crippen LogP contribution in [0.3, 0.4) is 0 Å². The van der Waals surface area contributed by atoms with Crippen LogP contribution in [0.1, 0.15) is 27.2 Å². The van der Waals surface area contributed by atoms with E-state index in [0.717, 1.165) is 0 Å². The summed E-state index contributed by atoms with van der Waals surface area (Å²) in [5.74, 6) is 0.898. The average Bonchev–Trinajstić information content (AvgIpc) is 3.23. The Labute approximate surface area is 159 Å². The van der Waals surface area contributed by atoms with Gasteiger partial charge in [0.15, 0.2) is 5.76 Å². The highest BCUT2D eigenvalue weighted by Crippen LogP contribution is 2.38. The molecule has 2 aromatic carbocycles. The molecule has 0 saturated carbocycles. The van der Waals surface area contributed by atoms with E-state index in [1.165, 1.54) is 18.4 Å². The molecular formula is C21H14ClFO4. The van der Waals surface area contributed by atoms with Crippen molar-refractivity contribution < 1.29 is 23.1 Å². The number of rotatable bonds is 4. The van der Waals surface area contributed by atoms with E-state index in [4.69, 9.17) is 25.5 Å². The lowest BCUT2D eigenvalue weighted by atomic mass is 10.0. The molecule has 136 valence electrons. The average molecular weight is 385 g/mol. The summed E-state index contributed by atoms with van der Waals surface area (Å²) in [4.78, 5) is 12.6. The van der Waals surface area contributed by atoms with E-state index >= 15 is 0 Å². The van der Waals surface area contributed by atoms with Crippen LogP contribution in [0.25, 0.3) is 6.08 Å². The number of ketones is 1. The number of halogens is 2. The highest BCUT2D eigenvalue weighted by Gasteiger charge is 2.30. The van der Waals surface area contributed by atoms with Crippen molar-refractivity contribution in [2.75, 3.05) is 0 Å². The van der Waals surface area contributed by atoms with Gasteiger partial charge in [-0.2, -0.15) is 0 Å². The lowest BCUT2D eigenvalue weighted by molar-refractivity contribution is 0.101. The SMILES string of the molecule is Cc1cc(OCc2c(F)cccc2Cl)cc2c1C(=O)/C(=C/c1ccco1)O2. The van der Waals surface area contributed by atoms with Crippen LogP contribution in [0.4, 0.5) is 4.39 Å². The first kappa shape index (κ1) is 17.4. The fraction of sp³-hybridized carbons (Fsp3) is 0.0952. The molecule has 0 spiro atoms. The van der Waals surface area contributed by atoms with Crippen LogP contribution in [-0.2, 0) is 6.61 Å². The highest BCUT2D eigenvalue weighted by molar-refractivity contribution is 6.31. The quantitative estimate of drug-likeness (QED) is 0.551. The predicted molar refractivity (Wildman–Crippen MR) is 98.6 cm³/mol. The summed E-state index contributed by atoms with van der Waals surface area (Å²) in [5, 5.41) is 0.294. The normalized spacial score (nSPS) is 14.3. The molecule has 27 heavy (non-hydrogen) atoms. The number of hydrogen-bond donors (Lipinski definition) is 0. The van der Waals surface area contributed by atoms with E-state index in [-0.39, 0.29) is 23.7 Å². The van der Waals surface area contributed by atoms with Gasteiger partial charge in [-0.25, -0.2) is 4.39 Å². The first-order valence-electron chi connectivity index (χ1n) is 8.21. The Morgan fingerprint density at radius 2 is 2.07 bits per heavy atom. The molecule has 1 aliphatic rings. The molecule has 1 aliphatic heterocycles. The van der Waals surface area contributed by atoms with Gasteiger partial charge in [0.2, 0.25) is 5.78 Å². The van der Waals surface area contributed by atoms with Gasteiger partial charge in [-0.15, -0.1) is 0 Å². The minimum atomic E-state index is -0.435. The first-order valence-corrected chi connectivity index (χ1v) is 8.59. The van der Waals surface area contributed by atoms with E-state index in [2.05, 4.69) is 0 Å². The molecule has 0 saturated heterocycles. The summed E-state index contributed by atoms with van der Waals surface area (Å²) >= 11 is 6.02. The van der Waals surface area contributed by atoms with Crippen molar-refractivity contribution in [2.24, 2.45) is 0 Å². The van der Waals surface area contributed by atoms with Crippen LogP contribution in [-0.4, -0.2) is 5.78 Å². The Balaban J connectivity index is 1.59. The Morgan fingerprint density at radius 3 is 2.81 bits per heavy atom. The van der Waals surface area contributed by atoms with Crippen molar-refractivity contribution in [2.45, 2.75) is 13.5 Å². The van der Waals surface area contributed by atoms with E-state index in [1.54, 1.807) is 43.3 Å². The summed E-state index contributed by atoms with van der Waals surface area (Å²) in [5.41, 5.74) is 1.45. The molecule has 0 amide bonds. The van der Waals surface area contributed by atoms with Gasteiger partial charge in [0, 0.05) is 17.7 Å². The molecule has 0 N–H and O–H groups in total. The van der Waals surface area contributed by atoms with E-state index < -0.39 is 5.82 Å². The number of ether oxygens (including phenoxy) is 2. The van der Waals surface area contributed by atoms with Gasteiger partial charge in [0.1, 0.15) is 29.7 Å². The third-order valence-corrected chi connectivity index (χ3v) is 4.56. The smallest absolute Gasteiger partial charge is 0.232 e. The lowest BCUT2D eigenvalue weighted by Crippen LogP contribution is -2.01. The van der Waals surface area contributed by atoms with Crippen LogP contribution in [0, 0.1) is 12.7 Å². The molecular weight excluding hydrogens is 371 g/mol. The second-order valence-corrected chi connectivity index (χ2v) is 6.46. The third-order valence-electron chi connectivity index (χ3n) is 4.21. The van der Waals surface area contributed by atoms with Gasteiger partial charge in [0.25, 0.3) is 0 Å². The molecule has 0 atom stereocenters. The number of aryl methyl sites for hydroxylation is 1. The maximum absolute atomic E-state index is 13.9. The molecule has 2 heterocycles. The Kier molecular flexibility index (Phi) is 4.46. The van der Waals surface area contributed by atoms with Crippen LogP contribution < -0.4 is 9.47 Å². The van der Waals surface area contributed by atoms with Crippen molar-refractivity contribution in [3.8, 4) is 11.5 Å². The molecule has 1 aromatic heterocycles. The Hall–Kier alpha value is -3.05. The Bertz CT molecular complexity index is 1030. The Morgan fingerprint density at radius 1 is 1.22 bits per heavy atom. The first-order chi connectivity index (χ1) is 13.0. The zero-order valence-electron chi connectivity index (χ0n) is 14.3. The third kappa shape index (κ3) is 3.34. The molecule has 0 aliphatic carbocycles. The number of Topliss-reactive ketones (excluding diaryl/α,β-unsaturated/α-hetero) is 1. The van der Waals surface area contributed by atoms with Gasteiger partial charge in [-0.3, -0.25) is 4.79 Å². The fourth-order valence-corrected chi connectivity index (χ4v) is 3.11. The van der Waals surface area contributed by atoms with Crippen molar-refractivity contribution in [3.63, 3.8) is 0 Å². The minimum Gasteiger partial charge on any atom is -0.489 e. The second kappa shape index (κ2) is 6.93. The molecule has 3 aromatic rings. The molecule has 4 rings (SSSR count). The van der Waals surface area contributed by atoms with Gasteiger partial charge in [-0.05, 0) is 42.8 Å². The molecule has 0 unspecified atom stereocenters. The summed E-state index contributed by atoms with van der Waals surface area (Å²) < 4.78 is 30.5. The maximum atomic E-state index is 13.9. The largest absolute Gasteiger partial charge is 0.489 e. The summed E-state index contributed by atoms with van der Waals surface area (Å²) in [6.45, 7) is 1.76. The van der Waals surface area contributed by atoms with Crippen molar-refractivity contribution >= 4 is 23.5 Å². The fourth-order valence-electron chi connectivity index (χ4n) is 2.89. The summed E-state index contributed by atoms with van der Waals surface area (Å²) in [7, 11) is 0. The summed E-state index contributed by atoms with van der Waals surface area (Å²) in [6.07, 6.45) is 3.06. The van der Waals surface area contributed by atoms with Crippen molar-refractivity contribution in [1.82, 2.24) is 0 Å². The number of hydrogen-bond acceptors (Lipinski definition) is 4. The number of fused-ring (bicyclic) bond motifs is 1. The molecule has 0 fully saturated rings. The molecule has 0 bridgehead atoms. The monoisotopic (exact) mass is 384 g/mol. The topological polar surface area (TPSA) is 48.7 Å². The maximum Gasteiger partial charge on any atom is 0.232 e. The number of furan rings is 1. The number of carbonyl (C=O) groups excluding carboxylic acids is 1. The van der Waals surface area contributed by atoms with E-state index in [0.29, 0.717) is 33.4 Å². The number of carbonyl (C=O) groups is 1. The molecule has 0 radical (unpaired) electrons. The van der Waals surface area contributed by atoms with Gasteiger partial charge in [-0.1, -0.05) is 17.7 Å². The van der Waals surface area contributed by atoms with Gasteiger partial charge < -0.3 is 13.9 Å². The minimum absolute atomic E-state index is 0.0349. The number of benzene rings is 2. The zero-order chi connectivity index (χ0) is 19.0. The number of allylic oxidation sites excluding steroid dienone is 1. The van der Waals surface area contributed by atoms with Crippen LogP contribution >= 0.6 is 11.6 Å². The standard InChI is InChI=1S/C21H14ClFO4/c1-12-8-14(26-11-15-16(22)5-2-6-17(15)23)10-18-20(12)21(24)19(27-18)9-13-4-3-7-25-13/h2-10H,11H2,1H3/b19-9-. The van der Waals surface area contributed by atoms with E-state index in [1.807, 2.05) is 0 Å². The van der Waals surface area contributed by atoms with E-state index in [9.17, 15) is 9.18 Å². The summed E-state index contributed by atoms with van der Waals surface area (Å²) in [6, 6.07) is 11.2. The lowest BCUT2D eigenvalue weighted by Gasteiger charge is -2.11. The van der Waals surface area contributed by atoms with Crippen molar-refractivity contribution in [3.05, 3.63) is 87.8 Å². The van der Waals surface area contributed by atoms with Crippen LogP contribution in [0.2, 0.25) is 5.02 Å².